The molecule has 1 aromatic rings. The Labute approximate surface area is 106 Å². The minimum atomic E-state index is -0.335. The molecule has 3 rings (SSSR count). The lowest BCUT2D eigenvalue weighted by molar-refractivity contribution is -0.120. The smallest absolute Gasteiger partial charge is 0.258 e. The standard InChI is InChI=1S/C13H17N3O2/c1-13(2,3)11-12(17)16(7-14-11)10-6-9(18-15-10)8-4-5-8/h6-8,11H,4-5H2,1-3H3. The first-order valence-corrected chi connectivity index (χ1v) is 6.30. The van der Waals surface area contributed by atoms with Crippen molar-refractivity contribution in [2.45, 2.75) is 45.6 Å². The summed E-state index contributed by atoms with van der Waals surface area (Å²) < 4.78 is 5.26. The fraction of sp³-hybridized carbons (Fsp3) is 0.615. The van der Waals surface area contributed by atoms with Gasteiger partial charge >= 0.3 is 0 Å². The van der Waals surface area contributed by atoms with Crippen molar-refractivity contribution in [2.24, 2.45) is 10.4 Å². The summed E-state index contributed by atoms with van der Waals surface area (Å²) in [4.78, 5) is 18.0. The summed E-state index contributed by atoms with van der Waals surface area (Å²) in [7, 11) is 0. The predicted octanol–water partition coefficient (Wildman–Crippen LogP) is 2.34. The highest BCUT2D eigenvalue weighted by atomic mass is 16.5. The number of amides is 1. The zero-order valence-corrected chi connectivity index (χ0v) is 10.9. The van der Waals surface area contributed by atoms with Crippen molar-refractivity contribution in [2.75, 3.05) is 4.90 Å². The number of aromatic nitrogens is 1. The van der Waals surface area contributed by atoms with Crippen molar-refractivity contribution in [3.63, 3.8) is 0 Å². The molecule has 1 aliphatic heterocycles. The van der Waals surface area contributed by atoms with Gasteiger partial charge in [0.15, 0.2) is 5.82 Å². The molecule has 1 saturated carbocycles. The van der Waals surface area contributed by atoms with Gasteiger partial charge in [0.1, 0.15) is 11.8 Å². The van der Waals surface area contributed by atoms with E-state index in [9.17, 15) is 4.79 Å². The molecular formula is C13H17N3O2. The first kappa shape index (κ1) is 11.4. The summed E-state index contributed by atoms with van der Waals surface area (Å²) in [6.45, 7) is 6.03. The quantitative estimate of drug-likeness (QED) is 0.806. The molecule has 2 aliphatic rings. The molecule has 1 atom stereocenters. The molecule has 1 unspecified atom stereocenters. The maximum absolute atomic E-state index is 12.3. The monoisotopic (exact) mass is 247 g/mol. The predicted molar refractivity (Wildman–Crippen MR) is 67.7 cm³/mol. The molecule has 0 N–H and O–H groups in total. The van der Waals surface area contributed by atoms with Gasteiger partial charge in [-0.2, -0.15) is 0 Å². The van der Waals surface area contributed by atoms with E-state index in [4.69, 9.17) is 4.52 Å². The summed E-state index contributed by atoms with van der Waals surface area (Å²) in [5.74, 6) is 1.90. The van der Waals surface area contributed by atoms with E-state index in [2.05, 4.69) is 10.1 Å². The second-order valence-electron chi connectivity index (χ2n) is 6.10. The van der Waals surface area contributed by atoms with Crippen LogP contribution in [0.4, 0.5) is 5.82 Å². The van der Waals surface area contributed by atoms with E-state index in [1.54, 1.807) is 6.34 Å². The van der Waals surface area contributed by atoms with Crippen LogP contribution in [0.15, 0.2) is 15.6 Å². The number of nitrogens with zero attached hydrogens (tertiary/aromatic N) is 3. The van der Waals surface area contributed by atoms with Crippen LogP contribution in [0.5, 0.6) is 0 Å². The average molecular weight is 247 g/mol. The zero-order valence-electron chi connectivity index (χ0n) is 10.9. The molecule has 5 nitrogen and oxygen atoms in total. The summed E-state index contributed by atoms with van der Waals surface area (Å²) in [6.07, 6.45) is 3.87. The molecule has 1 aromatic heterocycles. The minimum Gasteiger partial charge on any atom is -0.359 e. The number of carbonyl (C=O) groups is 1. The van der Waals surface area contributed by atoms with Crippen molar-refractivity contribution in [1.29, 1.82) is 0 Å². The maximum Gasteiger partial charge on any atom is 0.258 e. The van der Waals surface area contributed by atoms with Crippen LogP contribution < -0.4 is 4.90 Å². The molecule has 1 aliphatic carbocycles. The lowest BCUT2D eigenvalue weighted by atomic mass is 9.87. The molecule has 0 radical (unpaired) electrons. The number of anilines is 1. The van der Waals surface area contributed by atoms with E-state index < -0.39 is 0 Å². The molecule has 1 amide bonds. The fourth-order valence-electron chi connectivity index (χ4n) is 2.11. The first-order valence-electron chi connectivity index (χ1n) is 6.30. The van der Waals surface area contributed by atoms with Gasteiger partial charge in [-0.3, -0.25) is 14.7 Å². The SMILES string of the molecule is CC(C)(C)C1N=CN(c2cc(C3CC3)on2)C1=O. The van der Waals surface area contributed by atoms with Crippen LogP contribution in [0.25, 0.3) is 0 Å². The van der Waals surface area contributed by atoms with Crippen molar-refractivity contribution in [3.05, 3.63) is 11.8 Å². The maximum atomic E-state index is 12.3. The lowest BCUT2D eigenvalue weighted by Gasteiger charge is -2.23. The summed E-state index contributed by atoms with van der Waals surface area (Å²) in [5, 5.41) is 3.97. The largest absolute Gasteiger partial charge is 0.359 e. The van der Waals surface area contributed by atoms with Crippen LogP contribution in [0.1, 0.15) is 45.3 Å². The first-order chi connectivity index (χ1) is 8.47. The molecule has 18 heavy (non-hydrogen) atoms. The third kappa shape index (κ3) is 1.83. The number of hydrogen-bond donors (Lipinski definition) is 0. The Morgan fingerprint density at radius 3 is 2.67 bits per heavy atom. The Kier molecular flexibility index (Phi) is 2.33. The normalized spacial score (nSPS) is 24.1. The molecular weight excluding hydrogens is 230 g/mol. The highest BCUT2D eigenvalue weighted by Crippen LogP contribution is 2.41. The van der Waals surface area contributed by atoms with Crippen LogP contribution in [0.2, 0.25) is 0 Å². The van der Waals surface area contributed by atoms with E-state index in [1.165, 1.54) is 4.90 Å². The number of rotatable bonds is 2. The molecule has 0 bridgehead atoms. The van der Waals surface area contributed by atoms with Crippen molar-refractivity contribution in [3.8, 4) is 0 Å². The van der Waals surface area contributed by atoms with Crippen LogP contribution in [0.3, 0.4) is 0 Å². The third-order valence-corrected chi connectivity index (χ3v) is 3.37. The average Bonchev–Trinajstić information content (AvgIpc) is 2.87. The van der Waals surface area contributed by atoms with Crippen LogP contribution in [-0.4, -0.2) is 23.4 Å². The summed E-state index contributed by atoms with van der Waals surface area (Å²) >= 11 is 0. The Bertz CT molecular complexity index is 509. The molecule has 0 aromatic carbocycles. The fourth-order valence-corrected chi connectivity index (χ4v) is 2.11. The van der Waals surface area contributed by atoms with Gasteiger partial charge in [0.25, 0.3) is 5.91 Å². The highest BCUT2D eigenvalue weighted by molar-refractivity contribution is 6.14. The van der Waals surface area contributed by atoms with E-state index in [0.717, 1.165) is 18.6 Å². The van der Waals surface area contributed by atoms with E-state index in [1.807, 2.05) is 26.8 Å². The second-order valence-corrected chi connectivity index (χ2v) is 6.10. The molecule has 96 valence electrons. The Morgan fingerprint density at radius 1 is 1.39 bits per heavy atom. The second kappa shape index (κ2) is 3.67. The van der Waals surface area contributed by atoms with Gasteiger partial charge in [0.05, 0.1) is 6.34 Å². The third-order valence-electron chi connectivity index (χ3n) is 3.37. The Hall–Kier alpha value is -1.65. The van der Waals surface area contributed by atoms with Crippen LogP contribution in [0, 0.1) is 5.41 Å². The molecule has 2 heterocycles. The van der Waals surface area contributed by atoms with Gasteiger partial charge in [-0.15, -0.1) is 0 Å². The molecule has 0 saturated heterocycles. The van der Waals surface area contributed by atoms with Gasteiger partial charge in [-0.25, -0.2) is 0 Å². The number of aliphatic imine (C=N–C) groups is 1. The van der Waals surface area contributed by atoms with Gasteiger partial charge in [0, 0.05) is 12.0 Å². The summed E-state index contributed by atoms with van der Waals surface area (Å²) in [5.41, 5.74) is -0.175. The topological polar surface area (TPSA) is 58.7 Å². The zero-order chi connectivity index (χ0) is 12.9. The molecule has 5 heteroatoms. The Morgan fingerprint density at radius 2 is 2.11 bits per heavy atom. The van der Waals surface area contributed by atoms with Crippen molar-refractivity contribution in [1.82, 2.24) is 5.16 Å². The van der Waals surface area contributed by atoms with E-state index in [-0.39, 0.29) is 17.4 Å². The van der Waals surface area contributed by atoms with Crippen molar-refractivity contribution >= 4 is 18.1 Å². The number of carbonyl (C=O) groups excluding carboxylic acids is 1. The molecule has 0 spiro atoms. The Balaban J connectivity index is 1.81. The van der Waals surface area contributed by atoms with Gasteiger partial charge in [-0.1, -0.05) is 25.9 Å². The van der Waals surface area contributed by atoms with Gasteiger partial charge in [-0.05, 0) is 18.3 Å². The highest BCUT2D eigenvalue weighted by Gasteiger charge is 2.39. The number of hydrogen-bond acceptors (Lipinski definition) is 4. The lowest BCUT2D eigenvalue weighted by Crippen LogP contribution is -2.38. The van der Waals surface area contributed by atoms with Crippen molar-refractivity contribution < 1.29 is 9.32 Å². The minimum absolute atomic E-state index is 0.0295. The van der Waals surface area contributed by atoms with Gasteiger partial charge < -0.3 is 4.52 Å². The van der Waals surface area contributed by atoms with Crippen LogP contribution >= 0.6 is 0 Å². The van der Waals surface area contributed by atoms with Crippen LogP contribution in [-0.2, 0) is 4.79 Å². The van der Waals surface area contributed by atoms with Gasteiger partial charge in [0.2, 0.25) is 0 Å². The van der Waals surface area contributed by atoms with E-state index >= 15 is 0 Å². The summed E-state index contributed by atoms with van der Waals surface area (Å²) in [6, 6.07) is 1.52. The van der Waals surface area contributed by atoms with E-state index in [0.29, 0.717) is 11.7 Å². The molecule has 1 fully saturated rings.